The van der Waals surface area contributed by atoms with Crippen LogP contribution >= 0.6 is 11.8 Å². The molecule has 0 saturated carbocycles. The Hall–Kier alpha value is -2.58. The summed E-state index contributed by atoms with van der Waals surface area (Å²) < 4.78 is -0.754. The minimum Gasteiger partial charge on any atom is -0.394 e. The molecule has 1 aromatic carbocycles. The quantitative estimate of drug-likeness (QED) is 0.405. The average Bonchev–Trinajstić information content (AvgIpc) is 3.50. The Labute approximate surface area is 243 Å². The number of anilines is 1. The summed E-state index contributed by atoms with van der Waals surface area (Å²) in [5.41, 5.74) is 2.79. The van der Waals surface area contributed by atoms with Gasteiger partial charge >= 0.3 is 0 Å². The molecule has 0 radical (unpaired) electrons. The van der Waals surface area contributed by atoms with Gasteiger partial charge in [0, 0.05) is 31.1 Å². The van der Waals surface area contributed by atoms with Crippen molar-refractivity contribution in [3.05, 3.63) is 54.6 Å². The maximum Gasteiger partial charge on any atom is 0.251 e. The van der Waals surface area contributed by atoms with Crippen molar-refractivity contribution >= 4 is 35.2 Å². The number of aliphatic hydroxyl groups excluding tert-OH is 1. The number of nitrogens with zero attached hydrogens (tertiary/aromatic N) is 3. The number of amides is 3. The fourth-order valence-corrected chi connectivity index (χ4v) is 9.76. The van der Waals surface area contributed by atoms with Crippen LogP contribution in [-0.2, 0) is 14.4 Å². The number of likely N-dealkylation sites (N-methyl/N-ethyl adjacent to an activating group) is 1. The molecular weight excluding hydrogens is 522 g/mol. The summed E-state index contributed by atoms with van der Waals surface area (Å²) in [6.45, 7) is 18.4. The molecule has 0 aromatic heterocycles. The first-order valence-corrected chi connectivity index (χ1v) is 15.3. The second-order valence-electron chi connectivity index (χ2n) is 12.3. The molecule has 3 fully saturated rings. The number of aliphatic hydroxyl groups is 1. The van der Waals surface area contributed by atoms with Crippen LogP contribution in [0.4, 0.5) is 5.69 Å². The number of hydrogen-bond donors (Lipinski definition) is 1. The molecule has 7 atom stereocenters. The Balaban J connectivity index is 1.89. The number of aryl methyl sites for hydroxylation is 2. The zero-order valence-corrected chi connectivity index (χ0v) is 25.6. The van der Waals surface area contributed by atoms with Crippen LogP contribution in [0.25, 0.3) is 0 Å². The van der Waals surface area contributed by atoms with Crippen LogP contribution in [-0.4, -0.2) is 81.5 Å². The van der Waals surface area contributed by atoms with Gasteiger partial charge in [-0.15, -0.1) is 24.9 Å². The van der Waals surface area contributed by atoms with E-state index in [2.05, 4.69) is 33.9 Å². The highest BCUT2D eigenvalue weighted by molar-refractivity contribution is 8.02. The molecule has 3 heterocycles. The Morgan fingerprint density at radius 2 is 1.88 bits per heavy atom. The number of hydrogen-bond acceptors (Lipinski definition) is 5. The van der Waals surface area contributed by atoms with E-state index in [1.54, 1.807) is 45.7 Å². The minimum atomic E-state index is -0.798. The third kappa shape index (κ3) is 4.81. The van der Waals surface area contributed by atoms with E-state index in [0.29, 0.717) is 19.5 Å². The van der Waals surface area contributed by atoms with E-state index >= 15 is 0 Å². The van der Waals surface area contributed by atoms with Crippen molar-refractivity contribution in [2.75, 3.05) is 31.6 Å². The summed E-state index contributed by atoms with van der Waals surface area (Å²) in [6, 6.07) is 4.72. The zero-order valence-electron chi connectivity index (χ0n) is 24.8. The van der Waals surface area contributed by atoms with Gasteiger partial charge in [-0.05, 0) is 55.7 Å². The van der Waals surface area contributed by atoms with Crippen molar-refractivity contribution in [1.82, 2.24) is 9.80 Å². The maximum atomic E-state index is 14.9. The third-order valence-electron chi connectivity index (χ3n) is 9.06. The van der Waals surface area contributed by atoms with Crippen LogP contribution in [0.2, 0.25) is 0 Å². The molecule has 1 spiro atoms. The number of fused-ring (bicyclic) bond motifs is 1. The number of carbonyl (C=O) groups is 3. The van der Waals surface area contributed by atoms with E-state index in [4.69, 9.17) is 0 Å². The van der Waals surface area contributed by atoms with Crippen molar-refractivity contribution in [2.45, 2.75) is 69.5 Å². The topological polar surface area (TPSA) is 81.2 Å². The monoisotopic (exact) mass is 567 g/mol. The predicted molar refractivity (Wildman–Crippen MR) is 162 cm³/mol. The average molecular weight is 568 g/mol. The molecule has 3 saturated heterocycles. The van der Waals surface area contributed by atoms with Crippen LogP contribution in [0, 0.1) is 37.5 Å². The number of likely N-dealkylation sites (tertiary alicyclic amines) is 1. The van der Waals surface area contributed by atoms with Gasteiger partial charge in [-0.2, -0.15) is 0 Å². The fraction of sp³-hybridized carbons (Fsp3) is 0.594. The van der Waals surface area contributed by atoms with E-state index in [0.717, 1.165) is 23.2 Å². The summed E-state index contributed by atoms with van der Waals surface area (Å²) in [5, 5.41) is 10.6. The van der Waals surface area contributed by atoms with E-state index in [1.807, 2.05) is 32.0 Å². The second kappa shape index (κ2) is 11.7. The highest BCUT2D eigenvalue weighted by atomic mass is 32.2. The van der Waals surface area contributed by atoms with E-state index < -0.39 is 28.7 Å². The lowest BCUT2D eigenvalue weighted by atomic mass is 9.65. The van der Waals surface area contributed by atoms with Crippen molar-refractivity contribution in [3.63, 3.8) is 0 Å². The molecule has 40 heavy (non-hydrogen) atoms. The zero-order chi connectivity index (χ0) is 29.5. The van der Waals surface area contributed by atoms with Gasteiger partial charge < -0.3 is 19.8 Å². The minimum absolute atomic E-state index is 0.0348. The third-order valence-corrected chi connectivity index (χ3v) is 11.1. The summed E-state index contributed by atoms with van der Waals surface area (Å²) >= 11 is 1.67. The van der Waals surface area contributed by atoms with Crippen LogP contribution in [0.1, 0.15) is 44.7 Å². The number of carbonyl (C=O) groups excluding carboxylic acids is 3. The van der Waals surface area contributed by atoms with Gasteiger partial charge in [-0.1, -0.05) is 45.1 Å². The Kier molecular flexibility index (Phi) is 8.91. The van der Waals surface area contributed by atoms with Gasteiger partial charge in [0.05, 0.1) is 29.2 Å². The Morgan fingerprint density at radius 1 is 1.20 bits per heavy atom. The van der Waals surface area contributed by atoms with Gasteiger partial charge in [0.25, 0.3) is 5.91 Å². The molecule has 1 aromatic rings. The van der Waals surface area contributed by atoms with Gasteiger partial charge in [0.2, 0.25) is 11.8 Å². The van der Waals surface area contributed by atoms with E-state index in [1.165, 1.54) is 0 Å². The highest BCUT2D eigenvalue weighted by Gasteiger charge is 2.77. The van der Waals surface area contributed by atoms with Crippen molar-refractivity contribution in [2.24, 2.45) is 23.7 Å². The van der Waals surface area contributed by atoms with Crippen molar-refractivity contribution in [1.29, 1.82) is 0 Å². The van der Waals surface area contributed by atoms with Crippen molar-refractivity contribution in [3.8, 4) is 0 Å². The predicted octanol–water partition coefficient (Wildman–Crippen LogP) is 4.21. The molecule has 3 aliphatic rings. The van der Waals surface area contributed by atoms with Crippen LogP contribution in [0.3, 0.4) is 0 Å². The van der Waals surface area contributed by atoms with Crippen molar-refractivity contribution < 1.29 is 19.5 Å². The van der Waals surface area contributed by atoms with Crippen LogP contribution < -0.4 is 4.90 Å². The number of thioether (sulfide) groups is 1. The first kappa shape index (κ1) is 30.4. The Bertz CT molecular complexity index is 1180. The normalized spacial score (nSPS) is 29.4. The van der Waals surface area contributed by atoms with Gasteiger partial charge in [-0.25, -0.2) is 0 Å². The smallest absolute Gasteiger partial charge is 0.251 e. The molecule has 4 rings (SSSR count). The largest absolute Gasteiger partial charge is 0.394 e. The SMILES string of the molecule is C=CCN(C)C(=O)[C@@H]1[C@H]2C(=O)N([C@@H](CO)CC(C)C)C(C(=O)N(CC=C)c3cc(C)ccc3C)C23S[C@@H]1CC3C. The number of rotatable bonds is 11. The molecule has 218 valence electrons. The number of benzene rings is 1. The van der Waals surface area contributed by atoms with Crippen LogP contribution in [0.15, 0.2) is 43.5 Å². The van der Waals surface area contributed by atoms with Gasteiger partial charge in [-0.3, -0.25) is 14.4 Å². The lowest BCUT2D eigenvalue weighted by Gasteiger charge is -2.42. The molecule has 3 amide bonds. The molecule has 2 bridgehead atoms. The highest BCUT2D eigenvalue weighted by Crippen LogP contribution is 2.69. The van der Waals surface area contributed by atoms with Crippen LogP contribution in [0.5, 0.6) is 0 Å². The standard InChI is InChI=1S/C32H45N3O4S/c1-9-13-33(8)29(37)26-25-17-22(7)32(40-25)27(26)30(38)35(23(18-36)15-19(3)4)28(32)31(39)34(14-10-2)24-16-20(5)11-12-21(24)6/h9-12,16,19,22-23,25-28,36H,1-2,13-15,17-18H2,3-8H3/t22?,23-,25-,26+,27+,28?,32?/m1/s1. The first-order chi connectivity index (χ1) is 18.9. The van der Waals surface area contributed by atoms with Gasteiger partial charge in [0.15, 0.2) is 0 Å². The lowest BCUT2D eigenvalue weighted by molar-refractivity contribution is -0.145. The maximum absolute atomic E-state index is 14.9. The fourth-order valence-electron chi connectivity index (χ4n) is 7.37. The summed E-state index contributed by atoms with van der Waals surface area (Å²) in [7, 11) is 1.75. The van der Waals surface area contributed by atoms with Gasteiger partial charge in [0.1, 0.15) is 6.04 Å². The van der Waals surface area contributed by atoms with E-state index in [9.17, 15) is 19.5 Å². The first-order valence-electron chi connectivity index (χ1n) is 14.4. The Morgan fingerprint density at radius 3 is 2.48 bits per heavy atom. The molecule has 8 heteroatoms. The second-order valence-corrected chi connectivity index (χ2v) is 13.8. The molecule has 3 aliphatic heterocycles. The summed E-state index contributed by atoms with van der Waals surface area (Å²) in [5.74, 6) is -1.29. The van der Waals surface area contributed by atoms with E-state index in [-0.39, 0.29) is 41.4 Å². The molecule has 0 aliphatic carbocycles. The molecular formula is C32H45N3O4S. The summed E-state index contributed by atoms with van der Waals surface area (Å²) in [6.07, 6.45) is 4.74. The molecule has 1 N–H and O–H groups in total. The molecule has 3 unspecified atom stereocenters. The summed E-state index contributed by atoms with van der Waals surface area (Å²) in [4.78, 5) is 48.4. The molecule has 7 nitrogen and oxygen atoms in total. The lowest BCUT2D eigenvalue weighted by Crippen LogP contribution is -2.59.